The van der Waals surface area contributed by atoms with E-state index in [9.17, 15) is 4.79 Å². The van der Waals surface area contributed by atoms with E-state index in [1.807, 2.05) is 24.3 Å². The second kappa shape index (κ2) is 9.84. The molecule has 0 radical (unpaired) electrons. The predicted octanol–water partition coefficient (Wildman–Crippen LogP) is 1.83. The fourth-order valence-corrected chi connectivity index (χ4v) is 2.34. The van der Waals surface area contributed by atoms with Crippen molar-refractivity contribution >= 4 is 35.8 Å². The fourth-order valence-electron chi connectivity index (χ4n) is 2.34. The second-order valence-corrected chi connectivity index (χ2v) is 6.44. The van der Waals surface area contributed by atoms with E-state index in [0.29, 0.717) is 12.1 Å². The van der Waals surface area contributed by atoms with Gasteiger partial charge in [0.1, 0.15) is 5.75 Å². The lowest BCUT2D eigenvalue weighted by atomic mass is 10.1. The van der Waals surface area contributed by atoms with Crippen LogP contribution in [0.25, 0.3) is 0 Å². The Bertz CT molecular complexity index is 583. The van der Waals surface area contributed by atoms with Crippen LogP contribution in [0.15, 0.2) is 29.3 Å². The van der Waals surface area contributed by atoms with Gasteiger partial charge in [0.15, 0.2) is 12.6 Å². The van der Waals surface area contributed by atoms with Crippen LogP contribution in [-0.4, -0.2) is 44.1 Å². The van der Waals surface area contributed by atoms with E-state index in [0.717, 1.165) is 37.5 Å². The van der Waals surface area contributed by atoms with Crippen LogP contribution in [0.4, 0.5) is 0 Å². The fraction of sp³-hybridized carbons (Fsp3) is 0.556. The number of nitrogens with zero attached hydrogens (tertiary/aromatic N) is 1. The molecule has 1 aromatic carbocycles. The standard InChI is InChI=1S/C18H26N4O2.HI/c1-19-18(22-15-6-7-15)20-11-10-13-2-8-16(9-3-13)24-12-17(23)21-14-4-5-14;/h2-3,8-9,14-15H,4-7,10-12H2,1H3,(H,21,23)(H2,19,20,22);1H. The van der Waals surface area contributed by atoms with Crippen molar-refractivity contribution in [2.45, 2.75) is 44.2 Å². The van der Waals surface area contributed by atoms with E-state index in [1.165, 1.54) is 18.4 Å². The molecular weight excluding hydrogens is 431 g/mol. The first-order chi connectivity index (χ1) is 11.7. The monoisotopic (exact) mass is 458 g/mol. The van der Waals surface area contributed by atoms with E-state index in [-0.39, 0.29) is 36.5 Å². The molecule has 2 fully saturated rings. The molecule has 1 aromatic rings. The highest BCUT2D eigenvalue weighted by atomic mass is 127. The maximum atomic E-state index is 11.6. The lowest BCUT2D eigenvalue weighted by Crippen LogP contribution is -2.39. The van der Waals surface area contributed by atoms with Crippen molar-refractivity contribution in [1.82, 2.24) is 16.0 Å². The van der Waals surface area contributed by atoms with Gasteiger partial charge in [-0.15, -0.1) is 24.0 Å². The largest absolute Gasteiger partial charge is 0.484 e. The molecule has 0 aromatic heterocycles. The molecule has 7 heteroatoms. The van der Waals surface area contributed by atoms with E-state index in [4.69, 9.17) is 4.74 Å². The topological polar surface area (TPSA) is 74.8 Å². The van der Waals surface area contributed by atoms with Crippen LogP contribution >= 0.6 is 24.0 Å². The number of benzene rings is 1. The Labute approximate surface area is 166 Å². The number of amides is 1. The molecule has 2 saturated carbocycles. The summed E-state index contributed by atoms with van der Waals surface area (Å²) >= 11 is 0. The minimum Gasteiger partial charge on any atom is -0.484 e. The second-order valence-electron chi connectivity index (χ2n) is 6.44. The first-order valence-corrected chi connectivity index (χ1v) is 8.71. The minimum absolute atomic E-state index is 0. The Balaban J connectivity index is 0.00000225. The minimum atomic E-state index is -0.0414. The molecule has 0 bridgehead atoms. The van der Waals surface area contributed by atoms with Crippen molar-refractivity contribution in [3.05, 3.63) is 29.8 Å². The summed E-state index contributed by atoms with van der Waals surface area (Å²) in [6.07, 6.45) is 5.57. The van der Waals surface area contributed by atoms with E-state index in [2.05, 4.69) is 20.9 Å². The number of guanidine groups is 1. The van der Waals surface area contributed by atoms with Crippen molar-refractivity contribution in [3.8, 4) is 5.75 Å². The molecule has 2 aliphatic rings. The zero-order valence-electron chi connectivity index (χ0n) is 14.6. The third kappa shape index (κ3) is 7.50. The first kappa shape index (κ1) is 19.8. The first-order valence-electron chi connectivity index (χ1n) is 8.71. The average Bonchev–Trinajstić information content (AvgIpc) is 3.49. The number of hydrogen-bond donors (Lipinski definition) is 3. The van der Waals surface area contributed by atoms with Crippen LogP contribution in [0.5, 0.6) is 5.75 Å². The van der Waals surface area contributed by atoms with Gasteiger partial charge < -0.3 is 20.7 Å². The summed E-state index contributed by atoms with van der Waals surface area (Å²) in [4.78, 5) is 15.8. The molecule has 2 aliphatic carbocycles. The molecule has 1 amide bonds. The lowest BCUT2D eigenvalue weighted by Gasteiger charge is -2.11. The van der Waals surface area contributed by atoms with Crippen molar-refractivity contribution in [3.63, 3.8) is 0 Å². The number of carbonyl (C=O) groups is 1. The number of carbonyl (C=O) groups excluding carboxylic acids is 1. The molecule has 0 saturated heterocycles. The Morgan fingerprint density at radius 1 is 1.12 bits per heavy atom. The van der Waals surface area contributed by atoms with Crippen molar-refractivity contribution in [1.29, 1.82) is 0 Å². The molecule has 0 heterocycles. The lowest BCUT2D eigenvalue weighted by molar-refractivity contribution is -0.123. The predicted molar refractivity (Wildman–Crippen MR) is 110 cm³/mol. The molecule has 138 valence electrons. The molecule has 3 rings (SSSR count). The van der Waals surface area contributed by atoms with Crippen LogP contribution in [-0.2, 0) is 11.2 Å². The summed E-state index contributed by atoms with van der Waals surface area (Å²) in [6, 6.07) is 8.88. The Hall–Kier alpha value is -1.51. The summed E-state index contributed by atoms with van der Waals surface area (Å²) in [5.74, 6) is 1.56. The van der Waals surface area contributed by atoms with E-state index in [1.54, 1.807) is 7.05 Å². The van der Waals surface area contributed by atoms with Crippen LogP contribution in [0.2, 0.25) is 0 Å². The van der Waals surface area contributed by atoms with Gasteiger partial charge in [0, 0.05) is 25.7 Å². The summed E-state index contributed by atoms with van der Waals surface area (Å²) in [5.41, 5.74) is 1.22. The Morgan fingerprint density at radius 3 is 2.36 bits per heavy atom. The van der Waals surface area contributed by atoms with Gasteiger partial charge in [-0.2, -0.15) is 0 Å². The maximum absolute atomic E-state index is 11.6. The number of rotatable bonds is 8. The number of halogens is 1. The number of hydrogen-bond acceptors (Lipinski definition) is 3. The van der Waals surface area contributed by atoms with E-state index >= 15 is 0 Å². The van der Waals surface area contributed by atoms with E-state index < -0.39 is 0 Å². The molecule has 6 nitrogen and oxygen atoms in total. The van der Waals surface area contributed by atoms with Crippen LogP contribution < -0.4 is 20.7 Å². The van der Waals surface area contributed by atoms with Gasteiger partial charge in [0.2, 0.25) is 0 Å². The SMILES string of the molecule is CN=C(NCCc1ccc(OCC(=O)NC2CC2)cc1)NC1CC1.I. The molecule has 3 N–H and O–H groups in total. The molecule has 0 aliphatic heterocycles. The highest BCUT2D eigenvalue weighted by Gasteiger charge is 2.23. The zero-order valence-corrected chi connectivity index (χ0v) is 16.9. The Morgan fingerprint density at radius 2 is 1.76 bits per heavy atom. The number of nitrogens with one attached hydrogen (secondary N) is 3. The quantitative estimate of drug-likeness (QED) is 0.316. The van der Waals surface area contributed by atoms with Crippen LogP contribution in [0.3, 0.4) is 0 Å². The van der Waals surface area contributed by atoms with Gasteiger partial charge in [0.25, 0.3) is 5.91 Å². The summed E-state index contributed by atoms with van der Waals surface area (Å²) in [5, 5.41) is 9.59. The average molecular weight is 458 g/mol. The molecule has 0 atom stereocenters. The highest BCUT2D eigenvalue weighted by molar-refractivity contribution is 14.0. The molecule has 0 unspecified atom stereocenters. The smallest absolute Gasteiger partial charge is 0.258 e. The molecular formula is C18H27IN4O2. The van der Waals surface area contributed by atoms with Gasteiger partial charge in [-0.1, -0.05) is 12.1 Å². The van der Waals surface area contributed by atoms with Gasteiger partial charge in [0.05, 0.1) is 0 Å². The summed E-state index contributed by atoms with van der Waals surface area (Å²) in [6.45, 7) is 0.914. The maximum Gasteiger partial charge on any atom is 0.258 e. The summed E-state index contributed by atoms with van der Waals surface area (Å²) < 4.78 is 5.51. The number of aliphatic imine (C=N–C) groups is 1. The highest BCUT2D eigenvalue weighted by Crippen LogP contribution is 2.19. The third-order valence-electron chi connectivity index (χ3n) is 4.08. The van der Waals surface area contributed by atoms with Gasteiger partial charge >= 0.3 is 0 Å². The molecule has 0 spiro atoms. The van der Waals surface area contributed by atoms with Crippen molar-refractivity contribution in [2.75, 3.05) is 20.2 Å². The van der Waals surface area contributed by atoms with Crippen molar-refractivity contribution < 1.29 is 9.53 Å². The molecule has 25 heavy (non-hydrogen) atoms. The Kier molecular flexibility index (Phi) is 7.80. The normalized spacial score (nSPS) is 16.6. The van der Waals surface area contributed by atoms with Gasteiger partial charge in [-0.3, -0.25) is 9.79 Å². The van der Waals surface area contributed by atoms with Gasteiger partial charge in [-0.25, -0.2) is 0 Å². The van der Waals surface area contributed by atoms with Crippen LogP contribution in [0, 0.1) is 0 Å². The number of ether oxygens (including phenoxy) is 1. The zero-order chi connectivity index (χ0) is 16.8. The van der Waals surface area contributed by atoms with Crippen LogP contribution in [0.1, 0.15) is 31.2 Å². The summed E-state index contributed by atoms with van der Waals surface area (Å²) in [7, 11) is 1.79. The third-order valence-corrected chi connectivity index (χ3v) is 4.08. The van der Waals surface area contributed by atoms with Crippen molar-refractivity contribution in [2.24, 2.45) is 4.99 Å². The van der Waals surface area contributed by atoms with Gasteiger partial charge in [-0.05, 0) is 49.8 Å².